The number of aromatic nitrogens is 1. The van der Waals surface area contributed by atoms with Crippen molar-refractivity contribution in [3.8, 4) is 0 Å². The number of thiazole rings is 1. The lowest BCUT2D eigenvalue weighted by molar-refractivity contribution is -0.640. The quantitative estimate of drug-likeness (QED) is 0.526. The van der Waals surface area contributed by atoms with Crippen LogP contribution in [0.3, 0.4) is 0 Å². The number of rotatable bonds is 4. The van der Waals surface area contributed by atoms with E-state index < -0.39 is 12.1 Å². The standard InChI is InChI=1S/C31H42N4O2S.C2HF3O2/c1-20(36)33-26-13-15-31(29-28(26)34-21(2)38-29)19-32-18-25(31)30(37)35-16-14-24(22-9-5-3-6-10-22)17-27(35)23-11-7-4-8-12-23;3-2(4,5)1(6)7/h3,5-6,9-10,23-27,32H,4,7-8,11-19H2,1-2H3,(H,33,36);(H,6,7)/t24-,25?,26?,27+,31-;/m1./s1. The van der Waals surface area contributed by atoms with Gasteiger partial charge in [-0.1, -0.05) is 49.6 Å². The van der Waals surface area contributed by atoms with Crippen LogP contribution in [0.25, 0.3) is 0 Å². The molecule has 2 aliphatic heterocycles. The zero-order valence-corrected chi connectivity index (χ0v) is 26.7. The number of alkyl halides is 3. The van der Waals surface area contributed by atoms with Crippen LogP contribution in [0.5, 0.6) is 0 Å². The highest BCUT2D eigenvalue weighted by molar-refractivity contribution is 7.11. The number of carboxylic acid groups (broad SMARTS) is 1. The Balaban J connectivity index is 0.000000515. The van der Waals surface area contributed by atoms with Crippen molar-refractivity contribution in [3.63, 3.8) is 0 Å². The number of likely N-dealkylation sites (tertiary alicyclic amines) is 1. The van der Waals surface area contributed by atoms with E-state index in [0.29, 0.717) is 23.8 Å². The maximum Gasteiger partial charge on any atom is 0.430 e. The van der Waals surface area contributed by atoms with Gasteiger partial charge in [0, 0.05) is 24.4 Å². The lowest BCUT2D eigenvalue weighted by Crippen LogP contribution is -2.82. The molecule has 2 aromatic rings. The molecule has 1 aromatic carbocycles. The van der Waals surface area contributed by atoms with Crippen LogP contribution in [0, 0.1) is 18.8 Å². The predicted octanol–water partition coefficient (Wildman–Crippen LogP) is 3.51. The third-order valence-electron chi connectivity index (χ3n) is 10.3. The maximum absolute atomic E-state index is 14.7. The first kappa shape index (κ1) is 33.4. The number of quaternary nitrogens is 1. The monoisotopic (exact) mass is 648 g/mol. The minimum absolute atomic E-state index is 0.00947. The molecule has 2 unspecified atom stereocenters. The summed E-state index contributed by atoms with van der Waals surface area (Å²) in [5.74, 6) is -1.48. The molecule has 246 valence electrons. The van der Waals surface area contributed by atoms with E-state index >= 15 is 0 Å². The van der Waals surface area contributed by atoms with Gasteiger partial charge in [0.05, 0.1) is 35.2 Å². The van der Waals surface area contributed by atoms with E-state index in [2.05, 4.69) is 52.8 Å². The summed E-state index contributed by atoms with van der Waals surface area (Å²) in [5, 5.41) is 15.3. The van der Waals surface area contributed by atoms with Crippen molar-refractivity contribution in [2.45, 2.75) is 101 Å². The molecule has 4 aliphatic rings. The first-order chi connectivity index (χ1) is 21.4. The largest absolute Gasteiger partial charge is 0.542 e. The highest BCUT2D eigenvalue weighted by Gasteiger charge is 2.57. The summed E-state index contributed by atoms with van der Waals surface area (Å²) < 4.78 is 31.5. The van der Waals surface area contributed by atoms with E-state index in [-0.39, 0.29) is 23.3 Å². The van der Waals surface area contributed by atoms with Crippen molar-refractivity contribution in [1.29, 1.82) is 0 Å². The van der Waals surface area contributed by atoms with Gasteiger partial charge in [-0.25, -0.2) is 4.98 Å². The van der Waals surface area contributed by atoms with Crippen molar-refractivity contribution in [2.24, 2.45) is 11.8 Å². The van der Waals surface area contributed by atoms with Gasteiger partial charge in [-0.3, -0.25) is 9.59 Å². The Kier molecular flexibility index (Phi) is 10.2. The van der Waals surface area contributed by atoms with E-state index in [0.717, 1.165) is 56.0 Å². The van der Waals surface area contributed by atoms with Gasteiger partial charge < -0.3 is 25.4 Å². The zero-order chi connectivity index (χ0) is 32.4. The van der Waals surface area contributed by atoms with Crippen molar-refractivity contribution in [2.75, 3.05) is 19.6 Å². The molecule has 2 aliphatic carbocycles. The molecule has 0 radical (unpaired) electrons. The Morgan fingerprint density at radius 1 is 1.09 bits per heavy atom. The Labute approximate surface area is 266 Å². The number of aryl methyl sites for hydroxylation is 1. The second kappa shape index (κ2) is 13.8. The maximum atomic E-state index is 14.7. The number of fused-ring (bicyclic) bond motifs is 2. The van der Waals surface area contributed by atoms with Crippen molar-refractivity contribution >= 4 is 29.1 Å². The molecule has 2 amide bonds. The molecule has 8 nitrogen and oxygen atoms in total. The summed E-state index contributed by atoms with van der Waals surface area (Å²) in [6, 6.07) is 11.3. The number of nitrogens with zero attached hydrogens (tertiary/aromatic N) is 2. The number of carboxylic acids is 1. The van der Waals surface area contributed by atoms with Crippen LogP contribution in [0.15, 0.2) is 30.3 Å². The van der Waals surface area contributed by atoms with Gasteiger partial charge >= 0.3 is 6.18 Å². The van der Waals surface area contributed by atoms with Crippen LogP contribution in [-0.4, -0.2) is 59.5 Å². The number of amides is 2. The van der Waals surface area contributed by atoms with Crippen LogP contribution in [0.4, 0.5) is 13.2 Å². The van der Waals surface area contributed by atoms with Crippen LogP contribution >= 0.6 is 11.3 Å². The SMILES string of the molecule is CC(=O)NC1CC[C@]2(C[NH2+]CC2C(=O)N2CC[C@@H](c3ccccc3)C[C@H]2C2CCCCC2)c2sc(C)nc21.O=C([O-])C(F)(F)F. The summed E-state index contributed by atoms with van der Waals surface area (Å²) >= 11 is 1.76. The van der Waals surface area contributed by atoms with E-state index in [4.69, 9.17) is 14.9 Å². The molecule has 3 fully saturated rings. The van der Waals surface area contributed by atoms with E-state index in [1.165, 1.54) is 42.5 Å². The normalized spacial score (nSPS) is 28.6. The number of hydrogen-bond donors (Lipinski definition) is 2. The van der Waals surface area contributed by atoms with Crippen LogP contribution in [-0.2, 0) is 19.8 Å². The number of hydrogen-bond acceptors (Lipinski definition) is 6. The Morgan fingerprint density at radius 2 is 1.78 bits per heavy atom. The minimum atomic E-state index is -5.19. The first-order valence-corrected chi connectivity index (χ1v) is 16.9. The summed E-state index contributed by atoms with van der Waals surface area (Å²) in [5.41, 5.74) is 2.29. The fourth-order valence-corrected chi connectivity index (χ4v) is 9.54. The number of benzene rings is 1. The number of piperidine rings is 1. The molecule has 3 N–H and O–H groups in total. The third-order valence-corrected chi connectivity index (χ3v) is 11.5. The van der Waals surface area contributed by atoms with Crippen LogP contribution in [0.2, 0.25) is 0 Å². The topological polar surface area (TPSA) is 119 Å². The molecule has 3 heterocycles. The third kappa shape index (κ3) is 7.21. The smallest absolute Gasteiger partial charge is 0.430 e. The van der Waals surface area contributed by atoms with Gasteiger partial charge in [-0.05, 0) is 62.8 Å². The fraction of sp³-hybridized carbons (Fsp3) is 0.636. The van der Waals surface area contributed by atoms with E-state index in [1.807, 2.05) is 0 Å². The van der Waals surface area contributed by atoms with Gasteiger partial charge in [0.1, 0.15) is 11.9 Å². The molecule has 1 saturated carbocycles. The van der Waals surface area contributed by atoms with Gasteiger partial charge in [0.15, 0.2) is 0 Å². The Hall–Kier alpha value is -2.99. The molecular weight excluding hydrogens is 605 g/mol. The Bertz CT molecular complexity index is 1360. The minimum Gasteiger partial charge on any atom is -0.542 e. The van der Waals surface area contributed by atoms with Crippen molar-refractivity contribution in [1.82, 2.24) is 15.2 Å². The van der Waals surface area contributed by atoms with Crippen LogP contribution < -0.4 is 15.7 Å². The summed E-state index contributed by atoms with van der Waals surface area (Å²) in [6.07, 6.45) is 5.20. The van der Waals surface area contributed by atoms with Gasteiger partial charge in [-0.15, -0.1) is 11.3 Å². The zero-order valence-electron chi connectivity index (χ0n) is 25.9. The molecule has 5 atom stereocenters. The predicted molar refractivity (Wildman–Crippen MR) is 161 cm³/mol. The number of carbonyl (C=O) groups is 3. The summed E-state index contributed by atoms with van der Waals surface area (Å²) in [4.78, 5) is 43.9. The Morgan fingerprint density at radius 3 is 2.42 bits per heavy atom. The molecule has 2 saturated heterocycles. The number of halogens is 3. The first-order valence-electron chi connectivity index (χ1n) is 16.1. The average molecular weight is 649 g/mol. The molecular formula is C33H43F3N4O4S. The highest BCUT2D eigenvalue weighted by atomic mass is 32.1. The van der Waals surface area contributed by atoms with Gasteiger partial charge in [0.2, 0.25) is 11.8 Å². The molecule has 12 heteroatoms. The van der Waals surface area contributed by atoms with Crippen LogP contribution in [0.1, 0.15) is 97.8 Å². The number of aliphatic carboxylic acids is 1. The lowest BCUT2D eigenvalue weighted by Gasteiger charge is -2.47. The lowest BCUT2D eigenvalue weighted by atomic mass is 9.67. The van der Waals surface area contributed by atoms with Gasteiger partial charge in [-0.2, -0.15) is 13.2 Å². The average Bonchev–Trinajstić information content (AvgIpc) is 3.63. The number of nitrogens with two attached hydrogens (primary N) is 1. The molecule has 0 bridgehead atoms. The van der Waals surface area contributed by atoms with Crippen molar-refractivity contribution < 1.29 is 38.0 Å². The summed E-state index contributed by atoms with van der Waals surface area (Å²) in [7, 11) is 0. The fourth-order valence-electron chi connectivity index (χ4n) is 8.28. The molecule has 6 rings (SSSR count). The molecule has 45 heavy (non-hydrogen) atoms. The van der Waals surface area contributed by atoms with Gasteiger partial charge in [0.25, 0.3) is 0 Å². The van der Waals surface area contributed by atoms with E-state index in [9.17, 15) is 22.8 Å². The second-order valence-electron chi connectivity index (χ2n) is 13.1. The van der Waals surface area contributed by atoms with Crippen molar-refractivity contribution in [3.05, 3.63) is 51.5 Å². The number of nitrogens with one attached hydrogen (secondary N) is 1. The second-order valence-corrected chi connectivity index (χ2v) is 14.3. The highest BCUT2D eigenvalue weighted by Crippen LogP contribution is 2.50. The van der Waals surface area contributed by atoms with E-state index in [1.54, 1.807) is 18.3 Å². The summed E-state index contributed by atoms with van der Waals surface area (Å²) in [6.45, 7) is 6.32. The number of carbonyl (C=O) groups excluding carboxylic acids is 3. The molecule has 1 spiro atoms. The molecule has 1 aromatic heterocycles.